The maximum absolute atomic E-state index is 10.9. The molecular formula is C12H17BrN2O5S. The predicted molar refractivity (Wildman–Crippen MR) is 82.7 cm³/mol. The van der Waals surface area contributed by atoms with Crippen LogP contribution in [-0.4, -0.2) is 25.7 Å². The number of ether oxygens (including phenoxy) is 1. The van der Waals surface area contributed by atoms with Crippen molar-refractivity contribution in [1.82, 2.24) is 0 Å². The van der Waals surface area contributed by atoms with Crippen LogP contribution in [0.4, 0.5) is 5.69 Å². The van der Waals surface area contributed by atoms with Gasteiger partial charge in [-0.2, -0.15) is 0 Å². The van der Waals surface area contributed by atoms with Gasteiger partial charge in [-0.15, -0.1) is 0 Å². The van der Waals surface area contributed by atoms with Gasteiger partial charge in [0.05, 0.1) is 17.3 Å². The van der Waals surface area contributed by atoms with E-state index >= 15 is 0 Å². The fraction of sp³-hybridized carbons (Fsp3) is 0.500. The fourth-order valence-corrected chi connectivity index (χ4v) is 2.65. The van der Waals surface area contributed by atoms with Crippen LogP contribution in [0.15, 0.2) is 22.7 Å². The molecule has 0 amide bonds. The zero-order valence-corrected chi connectivity index (χ0v) is 13.7. The molecule has 0 fully saturated rings. The lowest BCUT2D eigenvalue weighted by molar-refractivity contribution is -0.385. The molecule has 2 N–H and O–H groups in total. The van der Waals surface area contributed by atoms with Gasteiger partial charge in [0.2, 0.25) is 10.0 Å². The molecule has 0 saturated heterocycles. The Labute approximate surface area is 131 Å². The Balaban J connectivity index is 2.32. The number of nitrogens with two attached hydrogens (primary N) is 1. The van der Waals surface area contributed by atoms with Crippen LogP contribution in [0.25, 0.3) is 0 Å². The van der Waals surface area contributed by atoms with Gasteiger partial charge in [-0.05, 0) is 25.0 Å². The molecule has 0 aliphatic rings. The van der Waals surface area contributed by atoms with E-state index in [4.69, 9.17) is 9.88 Å². The van der Waals surface area contributed by atoms with E-state index in [1.807, 2.05) is 0 Å². The first-order valence-corrected chi connectivity index (χ1v) is 8.87. The van der Waals surface area contributed by atoms with E-state index in [0.717, 1.165) is 12.8 Å². The van der Waals surface area contributed by atoms with E-state index in [2.05, 4.69) is 15.9 Å². The van der Waals surface area contributed by atoms with Crippen LogP contribution in [0.2, 0.25) is 0 Å². The summed E-state index contributed by atoms with van der Waals surface area (Å²) in [4.78, 5) is 10.4. The molecule has 21 heavy (non-hydrogen) atoms. The molecule has 0 unspecified atom stereocenters. The molecule has 0 bridgehead atoms. The summed E-state index contributed by atoms with van der Waals surface area (Å²) in [6.07, 6.45) is 2.71. The van der Waals surface area contributed by atoms with Crippen molar-refractivity contribution in [3.8, 4) is 5.75 Å². The predicted octanol–water partition coefficient (Wildman–Crippen LogP) is 2.59. The third kappa shape index (κ3) is 7.39. The molecule has 0 heterocycles. The summed E-state index contributed by atoms with van der Waals surface area (Å²) < 4.78 is 27.4. The molecule has 0 aromatic heterocycles. The second-order valence-corrected chi connectivity index (χ2v) is 7.15. The van der Waals surface area contributed by atoms with Crippen LogP contribution in [0.3, 0.4) is 0 Å². The Bertz CT molecular complexity index is 591. The summed E-state index contributed by atoms with van der Waals surface area (Å²) >= 11 is 3.17. The number of nitro groups is 1. The first kappa shape index (κ1) is 17.9. The molecule has 0 saturated carbocycles. The summed E-state index contributed by atoms with van der Waals surface area (Å²) in [6, 6.07) is 4.61. The van der Waals surface area contributed by atoms with Gasteiger partial charge in [0.1, 0.15) is 0 Å². The lowest BCUT2D eigenvalue weighted by atomic mass is 10.2. The lowest BCUT2D eigenvalue weighted by Gasteiger charge is -2.07. The highest BCUT2D eigenvalue weighted by Crippen LogP contribution is 2.30. The second kappa shape index (κ2) is 8.30. The lowest BCUT2D eigenvalue weighted by Crippen LogP contribution is -2.16. The fourth-order valence-electron chi connectivity index (χ4n) is 1.70. The van der Waals surface area contributed by atoms with Crippen molar-refractivity contribution in [2.24, 2.45) is 5.14 Å². The van der Waals surface area contributed by atoms with Gasteiger partial charge in [0.15, 0.2) is 5.75 Å². The standard InChI is InChI=1S/C12H17BrN2O5S/c13-10-5-6-12(11(9-10)15(16)17)20-7-3-1-2-4-8-21(14,18)19/h5-6,9H,1-4,7-8H2,(H2,14,18,19). The normalized spacial score (nSPS) is 11.3. The van der Waals surface area contributed by atoms with Crippen LogP contribution in [0, 0.1) is 10.1 Å². The highest BCUT2D eigenvalue weighted by atomic mass is 79.9. The van der Waals surface area contributed by atoms with E-state index in [-0.39, 0.29) is 17.2 Å². The number of nitrogens with zero attached hydrogens (tertiary/aromatic N) is 1. The third-order valence-electron chi connectivity index (χ3n) is 2.70. The smallest absolute Gasteiger partial charge is 0.312 e. The quantitative estimate of drug-likeness (QED) is 0.401. The first-order valence-electron chi connectivity index (χ1n) is 6.37. The van der Waals surface area contributed by atoms with E-state index < -0.39 is 14.9 Å². The summed E-state index contributed by atoms with van der Waals surface area (Å²) in [7, 11) is -3.39. The van der Waals surface area contributed by atoms with Gasteiger partial charge in [0, 0.05) is 10.5 Å². The van der Waals surface area contributed by atoms with Crippen molar-refractivity contribution in [3.05, 3.63) is 32.8 Å². The molecule has 1 aromatic rings. The molecule has 0 radical (unpaired) electrons. The number of sulfonamides is 1. The Morgan fingerprint density at radius 2 is 1.90 bits per heavy atom. The van der Waals surface area contributed by atoms with Gasteiger partial charge in [-0.3, -0.25) is 10.1 Å². The van der Waals surface area contributed by atoms with Gasteiger partial charge in [0.25, 0.3) is 0 Å². The van der Waals surface area contributed by atoms with Crippen molar-refractivity contribution < 1.29 is 18.1 Å². The number of benzene rings is 1. The van der Waals surface area contributed by atoms with Crippen LogP contribution in [-0.2, 0) is 10.0 Å². The minimum absolute atomic E-state index is 0.0218. The van der Waals surface area contributed by atoms with Crippen molar-refractivity contribution in [2.75, 3.05) is 12.4 Å². The maximum atomic E-state index is 10.9. The van der Waals surface area contributed by atoms with Crippen molar-refractivity contribution in [1.29, 1.82) is 0 Å². The van der Waals surface area contributed by atoms with Gasteiger partial charge in [-0.1, -0.05) is 28.8 Å². The SMILES string of the molecule is NS(=O)(=O)CCCCCCOc1ccc(Br)cc1[N+](=O)[O-]. The summed E-state index contributed by atoms with van der Waals surface area (Å²) in [5.74, 6) is 0.208. The topological polar surface area (TPSA) is 113 Å². The van der Waals surface area contributed by atoms with Crippen LogP contribution in [0.1, 0.15) is 25.7 Å². The highest BCUT2D eigenvalue weighted by molar-refractivity contribution is 9.10. The number of hydrogen-bond donors (Lipinski definition) is 1. The number of primary sulfonamides is 1. The number of unbranched alkanes of at least 4 members (excludes halogenated alkanes) is 3. The minimum Gasteiger partial charge on any atom is -0.487 e. The average Bonchev–Trinajstić information content (AvgIpc) is 2.37. The van der Waals surface area contributed by atoms with Crippen molar-refractivity contribution in [3.63, 3.8) is 0 Å². The highest BCUT2D eigenvalue weighted by Gasteiger charge is 2.15. The number of nitro benzene ring substituents is 1. The molecule has 1 aromatic carbocycles. The molecule has 0 aliphatic heterocycles. The number of hydrogen-bond acceptors (Lipinski definition) is 5. The zero-order chi connectivity index (χ0) is 15.9. The monoisotopic (exact) mass is 380 g/mol. The van der Waals surface area contributed by atoms with Crippen molar-refractivity contribution in [2.45, 2.75) is 25.7 Å². The molecule has 1 rings (SSSR count). The van der Waals surface area contributed by atoms with E-state index in [9.17, 15) is 18.5 Å². The van der Waals surface area contributed by atoms with E-state index in [1.54, 1.807) is 12.1 Å². The minimum atomic E-state index is -3.39. The summed E-state index contributed by atoms with van der Waals surface area (Å²) in [5.41, 5.74) is -0.0846. The summed E-state index contributed by atoms with van der Waals surface area (Å²) in [6.45, 7) is 0.345. The Morgan fingerprint density at radius 3 is 2.52 bits per heavy atom. The van der Waals surface area contributed by atoms with E-state index in [0.29, 0.717) is 23.9 Å². The Morgan fingerprint density at radius 1 is 1.24 bits per heavy atom. The average molecular weight is 381 g/mol. The van der Waals surface area contributed by atoms with Gasteiger partial charge in [-0.25, -0.2) is 13.6 Å². The van der Waals surface area contributed by atoms with Crippen LogP contribution >= 0.6 is 15.9 Å². The molecule has 0 aliphatic carbocycles. The molecule has 7 nitrogen and oxygen atoms in total. The van der Waals surface area contributed by atoms with Gasteiger partial charge < -0.3 is 4.74 Å². The maximum Gasteiger partial charge on any atom is 0.312 e. The van der Waals surface area contributed by atoms with Gasteiger partial charge >= 0.3 is 5.69 Å². The van der Waals surface area contributed by atoms with E-state index in [1.165, 1.54) is 6.07 Å². The molecule has 0 atom stereocenters. The third-order valence-corrected chi connectivity index (χ3v) is 4.05. The molecule has 0 spiro atoms. The Kier molecular flexibility index (Phi) is 7.06. The second-order valence-electron chi connectivity index (χ2n) is 4.50. The summed E-state index contributed by atoms with van der Waals surface area (Å²) in [5, 5.41) is 15.8. The van der Waals surface area contributed by atoms with Crippen LogP contribution < -0.4 is 9.88 Å². The Hall–Kier alpha value is -1.19. The molecule has 9 heteroatoms. The number of rotatable bonds is 9. The largest absolute Gasteiger partial charge is 0.487 e. The first-order chi connectivity index (χ1) is 9.79. The zero-order valence-electron chi connectivity index (χ0n) is 11.3. The number of halogens is 1. The molecule has 118 valence electrons. The van der Waals surface area contributed by atoms with Crippen molar-refractivity contribution >= 4 is 31.6 Å². The van der Waals surface area contributed by atoms with Crippen LogP contribution in [0.5, 0.6) is 5.75 Å². The molecular weight excluding hydrogens is 364 g/mol.